The second-order valence-corrected chi connectivity index (χ2v) is 13.4. The smallest absolute Gasteiger partial charge is 0.251 e. The lowest BCUT2D eigenvalue weighted by atomic mass is 10.0. The Bertz CT molecular complexity index is 1510. The predicted molar refractivity (Wildman–Crippen MR) is 161 cm³/mol. The fourth-order valence-corrected chi connectivity index (χ4v) is 6.65. The van der Waals surface area contributed by atoms with Crippen LogP contribution in [0.5, 0.6) is 5.75 Å². The Balaban J connectivity index is 1.25. The number of nitrogens with zero attached hydrogens (tertiary/aromatic N) is 2. The number of carbonyl (C=O) groups excluding carboxylic acids is 2. The third-order valence-electron chi connectivity index (χ3n) is 8.43. The first-order valence-corrected chi connectivity index (χ1v) is 16.2. The fraction of sp³-hybridized carbons (Fsp3) is 0.438. The van der Waals surface area contributed by atoms with Crippen molar-refractivity contribution in [1.82, 2.24) is 14.5 Å². The number of hydrogen-bond acceptors (Lipinski definition) is 5. The number of methoxy groups -OCH3 is 1. The van der Waals surface area contributed by atoms with E-state index in [1.807, 2.05) is 30.3 Å². The number of aryl methyl sites for hydroxylation is 1. The summed E-state index contributed by atoms with van der Waals surface area (Å²) in [7, 11) is -1.68. The highest BCUT2D eigenvalue weighted by Crippen LogP contribution is 2.50. The maximum absolute atomic E-state index is 13.6. The first-order valence-electron chi connectivity index (χ1n) is 14.3. The van der Waals surface area contributed by atoms with Gasteiger partial charge in [-0.15, -0.1) is 0 Å². The van der Waals surface area contributed by atoms with E-state index in [2.05, 4.69) is 36.5 Å². The van der Waals surface area contributed by atoms with E-state index in [1.165, 1.54) is 21.7 Å². The number of amides is 2. The van der Waals surface area contributed by atoms with Crippen molar-refractivity contribution in [2.45, 2.75) is 44.6 Å². The van der Waals surface area contributed by atoms with Crippen molar-refractivity contribution in [3.63, 3.8) is 0 Å². The van der Waals surface area contributed by atoms with E-state index in [1.54, 1.807) is 18.1 Å². The van der Waals surface area contributed by atoms with Crippen molar-refractivity contribution < 1.29 is 22.7 Å². The molecule has 0 radical (unpaired) electrons. The van der Waals surface area contributed by atoms with E-state index in [0.29, 0.717) is 36.9 Å². The van der Waals surface area contributed by atoms with Crippen LogP contribution < -0.4 is 10.1 Å². The van der Waals surface area contributed by atoms with E-state index in [9.17, 15) is 18.0 Å². The van der Waals surface area contributed by atoms with E-state index >= 15 is 0 Å². The Hall–Kier alpha value is -3.43. The zero-order valence-electron chi connectivity index (χ0n) is 24.0. The van der Waals surface area contributed by atoms with Crippen LogP contribution in [0.15, 0.2) is 60.7 Å². The molecule has 2 amide bonds. The summed E-state index contributed by atoms with van der Waals surface area (Å²) in [5.41, 5.74) is 3.12. The number of sulfonamides is 1. The maximum Gasteiger partial charge on any atom is 0.251 e. The van der Waals surface area contributed by atoms with E-state index in [4.69, 9.17) is 4.74 Å². The second-order valence-electron chi connectivity index (χ2n) is 11.4. The van der Waals surface area contributed by atoms with E-state index < -0.39 is 16.1 Å². The quantitative estimate of drug-likeness (QED) is 0.387. The monoisotopic (exact) mass is 577 g/mol. The van der Waals surface area contributed by atoms with Gasteiger partial charge in [-0.05, 0) is 78.6 Å². The molecule has 1 heterocycles. The highest BCUT2D eigenvalue weighted by molar-refractivity contribution is 7.88. The summed E-state index contributed by atoms with van der Waals surface area (Å²) in [5.74, 6) is 1.47. The van der Waals surface area contributed by atoms with Crippen LogP contribution in [0.4, 0.5) is 0 Å². The topological polar surface area (TPSA) is 96.0 Å². The second kappa shape index (κ2) is 12.2. The molecule has 2 fully saturated rings. The summed E-state index contributed by atoms with van der Waals surface area (Å²) in [4.78, 5) is 28.7. The molecule has 0 aromatic heterocycles. The zero-order valence-corrected chi connectivity index (χ0v) is 24.8. The van der Waals surface area contributed by atoms with Gasteiger partial charge in [0.05, 0.1) is 13.4 Å². The average Bonchev–Trinajstić information content (AvgIpc) is 3.75. The average molecular weight is 578 g/mol. The minimum Gasteiger partial charge on any atom is -0.497 e. The molecule has 1 aliphatic heterocycles. The number of piperazine rings is 1. The van der Waals surface area contributed by atoms with Crippen molar-refractivity contribution in [3.8, 4) is 5.75 Å². The molecule has 8 nitrogen and oxygen atoms in total. The summed E-state index contributed by atoms with van der Waals surface area (Å²) in [6, 6.07) is 19.2. The number of ether oxygens (including phenoxy) is 1. The molecule has 1 N–H and O–H groups in total. The van der Waals surface area contributed by atoms with Gasteiger partial charge in [0, 0.05) is 31.7 Å². The Kier molecular flexibility index (Phi) is 8.66. The van der Waals surface area contributed by atoms with Crippen LogP contribution in [0.2, 0.25) is 0 Å². The molecular weight excluding hydrogens is 538 g/mol. The number of rotatable bonds is 10. The first-order chi connectivity index (χ1) is 19.6. The largest absolute Gasteiger partial charge is 0.497 e. The van der Waals surface area contributed by atoms with Gasteiger partial charge in [0.15, 0.2) is 0 Å². The summed E-state index contributed by atoms with van der Waals surface area (Å²) >= 11 is 0. The summed E-state index contributed by atoms with van der Waals surface area (Å²) < 4.78 is 30.6. The van der Waals surface area contributed by atoms with Crippen molar-refractivity contribution in [2.75, 3.05) is 39.5 Å². The van der Waals surface area contributed by atoms with Crippen LogP contribution in [-0.2, 0) is 14.8 Å². The molecule has 2 aliphatic rings. The van der Waals surface area contributed by atoms with Crippen molar-refractivity contribution in [2.24, 2.45) is 5.92 Å². The summed E-state index contributed by atoms with van der Waals surface area (Å²) in [6.45, 7) is 3.25. The molecule has 0 spiro atoms. The lowest BCUT2D eigenvalue weighted by Crippen LogP contribution is -2.55. The Morgan fingerprint density at radius 1 is 0.976 bits per heavy atom. The van der Waals surface area contributed by atoms with Gasteiger partial charge >= 0.3 is 0 Å². The minimum atomic E-state index is -3.30. The van der Waals surface area contributed by atoms with Crippen LogP contribution in [0.1, 0.15) is 53.1 Å². The van der Waals surface area contributed by atoms with E-state index in [0.717, 1.165) is 35.8 Å². The molecule has 41 heavy (non-hydrogen) atoms. The Labute approximate surface area is 242 Å². The van der Waals surface area contributed by atoms with Gasteiger partial charge in [-0.1, -0.05) is 48.4 Å². The number of hydrogen-bond donors (Lipinski definition) is 1. The third kappa shape index (κ3) is 7.08. The third-order valence-corrected chi connectivity index (χ3v) is 9.73. The van der Waals surface area contributed by atoms with E-state index in [-0.39, 0.29) is 24.9 Å². The zero-order chi connectivity index (χ0) is 29.1. The number of fused-ring (bicyclic) bond motifs is 1. The standard InChI is InChI=1S/C32H39N3O5S/c1-22-7-9-23(10-8-22)29-21-26(29)5-4-6-30(32(37)34-15-17-35(18-16-34)41(3,38)39)33-31(36)27-12-11-25-20-28(40-2)14-13-24(25)19-27/h7-14,19-20,26,29-30H,4-6,15-18,21H2,1-3H3,(H,33,36)/t26-,29+,30-/m0/s1. The van der Waals surface area contributed by atoms with Crippen molar-refractivity contribution in [1.29, 1.82) is 0 Å². The molecule has 3 aromatic rings. The Morgan fingerprint density at radius 3 is 2.34 bits per heavy atom. The predicted octanol–water partition coefficient (Wildman–Crippen LogP) is 4.33. The lowest BCUT2D eigenvalue weighted by Gasteiger charge is -2.35. The molecular formula is C32H39N3O5S. The number of carbonyl (C=O) groups is 2. The van der Waals surface area contributed by atoms with Crippen LogP contribution in [-0.4, -0.2) is 75.0 Å². The Morgan fingerprint density at radius 2 is 1.66 bits per heavy atom. The molecule has 5 rings (SSSR count). The molecule has 3 aromatic carbocycles. The maximum atomic E-state index is 13.6. The highest BCUT2D eigenvalue weighted by atomic mass is 32.2. The van der Waals surface area contributed by atoms with Gasteiger partial charge in [0.1, 0.15) is 11.8 Å². The molecule has 1 aliphatic carbocycles. The van der Waals surface area contributed by atoms with Crippen LogP contribution in [0.25, 0.3) is 10.8 Å². The van der Waals surface area contributed by atoms with Gasteiger partial charge in [-0.2, -0.15) is 4.31 Å². The molecule has 3 atom stereocenters. The molecule has 1 saturated carbocycles. The SMILES string of the molecule is COc1ccc2cc(C(=O)N[C@@H](CCC[C@H]3C[C@@H]3c3ccc(C)cc3)C(=O)N3CCN(S(C)(=O)=O)CC3)ccc2c1. The molecule has 218 valence electrons. The number of benzene rings is 3. The van der Waals surface area contributed by atoms with Gasteiger partial charge in [-0.3, -0.25) is 9.59 Å². The summed E-state index contributed by atoms with van der Waals surface area (Å²) in [5, 5.41) is 4.89. The highest BCUT2D eigenvalue weighted by Gasteiger charge is 2.38. The summed E-state index contributed by atoms with van der Waals surface area (Å²) in [6.07, 6.45) is 4.71. The van der Waals surface area contributed by atoms with Crippen molar-refractivity contribution in [3.05, 3.63) is 77.4 Å². The van der Waals surface area contributed by atoms with Crippen LogP contribution in [0, 0.1) is 12.8 Å². The van der Waals surface area contributed by atoms with Gasteiger partial charge in [0.2, 0.25) is 15.9 Å². The number of nitrogens with one attached hydrogen (secondary N) is 1. The van der Waals surface area contributed by atoms with Gasteiger partial charge in [0.25, 0.3) is 5.91 Å². The first kappa shape index (κ1) is 29.1. The minimum absolute atomic E-state index is 0.150. The van der Waals surface area contributed by atoms with Gasteiger partial charge < -0.3 is 15.0 Å². The molecule has 0 bridgehead atoms. The van der Waals surface area contributed by atoms with Crippen molar-refractivity contribution >= 4 is 32.6 Å². The molecule has 9 heteroatoms. The molecule has 1 saturated heterocycles. The van der Waals surface area contributed by atoms with Gasteiger partial charge in [-0.25, -0.2) is 8.42 Å². The molecule has 0 unspecified atom stereocenters. The lowest BCUT2D eigenvalue weighted by molar-refractivity contribution is -0.134. The normalized spacial score (nSPS) is 20.0. The van der Waals surface area contributed by atoms with Crippen LogP contribution >= 0.6 is 0 Å². The van der Waals surface area contributed by atoms with Crippen LogP contribution in [0.3, 0.4) is 0 Å². The fourth-order valence-electron chi connectivity index (χ4n) is 5.82.